The Morgan fingerprint density at radius 1 is 1.06 bits per heavy atom. The van der Waals surface area contributed by atoms with Gasteiger partial charge in [-0.25, -0.2) is 9.59 Å². The molecule has 2 aliphatic rings. The lowest BCUT2D eigenvalue weighted by Crippen LogP contribution is -2.43. The van der Waals surface area contributed by atoms with Gasteiger partial charge in [0, 0.05) is 24.5 Å². The minimum atomic E-state index is -0.298. The Morgan fingerprint density at radius 2 is 1.81 bits per heavy atom. The fourth-order valence-electron chi connectivity index (χ4n) is 3.78. The number of benzene rings is 2. The Kier molecular flexibility index (Phi) is 7.09. The average Bonchev–Trinajstić information content (AvgIpc) is 3.27. The summed E-state index contributed by atoms with van der Waals surface area (Å²) in [4.78, 5) is 31.2. The summed E-state index contributed by atoms with van der Waals surface area (Å²) in [5, 5.41) is 6.25. The molecule has 1 fully saturated rings. The van der Waals surface area contributed by atoms with Crippen LogP contribution in [0, 0.1) is 5.92 Å². The second kappa shape index (κ2) is 10.3. The van der Waals surface area contributed by atoms with Crippen LogP contribution in [0.2, 0.25) is 0 Å². The number of likely N-dealkylation sites (tertiary alicyclic amines) is 1. The number of thioether (sulfide) groups is 1. The van der Waals surface area contributed by atoms with Crippen molar-refractivity contribution in [1.82, 2.24) is 10.2 Å². The average molecular weight is 439 g/mol. The van der Waals surface area contributed by atoms with E-state index in [-0.39, 0.29) is 30.7 Å². The van der Waals surface area contributed by atoms with E-state index in [0.29, 0.717) is 18.3 Å². The monoisotopic (exact) mass is 438 g/mol. The van der Waals surface area contributed by atoms with Crippen molar-refractivity contribution in [3.05, 3.63) is 66.2 Å². The van der Waals surface area contributed by atoms with Crippen LogP contribution in [0.25, 0.3) is 0 Å². The second-order valence-electron chi connectivity index (χ2n) is 7.65. The number of para-hydroxylation sites is 1. The maximum Gasteiger partial charge on any atom is 0.410 e. The van der Waals surface area contributed by atoms with Gasteiger partial charge in [0.2, 0.25) is 0 Å². The summed E-state index contributed by atoms with van der Waals surface area (Å²) >= 11 is 1.54. The Labute approximate surface area is 186 Å². The van der Waals surface area contributed by atoms with E-state index in [1.54, 1.807) is 16.7 Å². The number of nitrogens with one attached hydrogen (secondary N) is 2. The van der Waals surface area contributed by atoms with Crippen molar-refractivity contribution in [1.29, 1.82) is 0 Å². The normalized spacial score (nSPS) is 20.6. The summed E-state index contributed by atoms with van der Waals surface area (Å²) in [6.45, 7) is 1.62. The predicted molar refractivity (Wildman–Crippen MR) is 123 cm³/mol. The van der Waals surface area contributed by atoms with Crippen LogP contribution >= 0.6 is 11.8 Å². The molecule has 2 aromatic rings. The third-order valence-electron chi connectivity index (χ3n) is 5.39. The van der Waals surface area contributed by atoms with Crippen LogP contribution in [0.3, 0.4) is 0 Å². The zero-order valence-corrected chi connectivity index (χ0v) is 18.0. The molecule has 2 aromatic carbocycles. The highest BCUT2D eigenvalue weighted by molar-refractivity contribution is 8.14. The summed E-state index contributed by atoms with van der Waals surface area (Å²) in [7, 11) is 0. The van der Waals surface area contributed by atoms with Gasteiger partial charge in [-0.2, -0.15) is 0 Å². The highest BCUT2D eigenvalue weighted by Crippen LogP contribution is 2.29. The number of carbonyl (C=O) groups excluding carboxylic acids is 2. The molecule has 7 nitrogen and oxygen atoms in total. The van der Waals surface area contributed by atoms with Crippen molar-refractivity contribution < 1.29 is 14.3 Å². The number of hydrogen-bond donors (Lipinski definition) is 2. The molecule has 162 valence electrons. The fraction of sp³-hybridized carbons (Fsp3) is 0.348. The van der Waals surface area contributed by atoms with Crippen molar-refractivity contribution in [2.75, 3.05) is 24.2 Å². The van der Waals surface area contributed by atoms with Crippen LogP contribution in [-0.2, 0) is 11.3 Å². The van der Waals surface area contributed by atoms with Gasteiger partial charge in [-0.3, -0.25) is 10.3 Å². The van der Waals surface area contributed by atoms with Gasteiger partial charge < -0.3 is 15.0 Å². The van der Waals surface area contributed by atoms with Gasteiger partial charge in [-0.1, -0.05) is 60.3 Å². The van der Waals surface area contributed by atoms with Crippen LogP contribution < -0.4 is 10.6 Å². The van der Waals surface area contributed by atoms with Crippen LogP contribution in [0.1, 0.15) is 18.4 Å². The largest absolute Gasteiger partial charge is 0.445 e. The summed E-state index contributed by atoms with van der Waals surface area (Å²) in [6.07, 6.45) is 1.67. The summed E-state index contributed by atoms with van der Waals surface area (Å²) in [6, 6.07) is 18.8. The Bertz CT molecular complexity index is 923. The van der Waals surface area contributed by atoms with Gasteiger partial charge in [0.05, 0.1) is 6.04 Å². The number of anilines is 1. The number of rotatable bonds is 4. The third kappa shape index (κ3) is 6.01. The number of piperidine rings is 1. The third-order valence-corrected chi connectivity index (χ3v) is 6.38. The van der Waals surface area contributed by atoms with E-state index in [1.807, 2.05) is 60.7 Å². The number of hydrogen-bond acceptors (Lipinski definition) is 5. The van der Waals surface area contributed by atoms with E-state index < -0.39 is 0 Å². The zero-order valence-electron chi connectivity index (χ0n) is 17.2. The Balaban J connectivity index is 1.26. The second-order valence-corrected chi connectivity index (χ2v) is 8.65. The molecule has 31 heavy (non-hydrogen) atoms. The van der Waals surface area contributed by atoms with Crippen molar-refractivity contribution in [2.24, 2.45) is 10.9 Å². The van der Waals surface area contributed by atoms with E-state index in [0.717, 1.165) is 29.8 Å². The van der Waals surface area contributed by atoms with E-state index in [2.05, 4.69) is 10.6 Å². The van der Waals surface area contributed by atoms with Crippen molar-refractivity contribution in [3.63, 3.8) is 0 Å². The molecule has 0 bridgehead atoms. The Hall–Kier alpha value is -3.00. The molecule has 2 unspecified atom stereocenters. The van der Waals surface area contributed by atoms with Crippen LogP contribution in [0.4, 0.5) is 15.3 Å². The molecule has 2 heterocycles. The number of amides is 3. The van der Waals surface area contributed by atoms with Crippen LogP contribution in [-0.4, -0.2) is 47.1 Å². The SMILES string of the molecule is O=C(NC1=NC(C2CCCN(C(=O)OCc3ccccc3)C2)CS1)Nc1ccccc1. The zero-order chi connectivity index (χ0) is 21.5. The van der Waals surface area contributed by atoms with Gasteiger partial charge in [0.25, 0.3) is 0 Å². The first-order valence-corrected chi connectivity index (χ1v) is 11.5. The maximum absolute atomic E-state index is 12.5. The predicted octanol–water partition coefficient (Wildman–Crippen LogP) is 4.33. The molecule has 2 atom stereocenters. The minimum absolute atomic E-state index is 0.0850. The smallest absolute Gasteiger partial charge is 0.410 e. The first-order valence-electron chi connectivity index (χ1n) is 10.5. The van der Waals surface area contributed by atoms with Crippen molar-refractivity contribution in [3.8, 4) is 0 Å². The van der Waals surface area contributed by atoms with Gasteiger partial charge in [0.15, 0.2) is 5.17 Å². The van der Waals surface area contributed by atoms with Gasteiger partial charge in [-0.05, 0) is 36.5 Å². The standard InChI is InChI=1S/C23H26N4O3S/c28-21(24-19-11-5-2-6-12-19)26-22-25-20(16-31-22)18-10-7-13-27(14-18)23(29)30-15-17-8-3-1-4-9-17/h1-6,8-9,11-12,18,20H,7,10,13-16H2,(H2,24,25,26,28). The van der Waals surface area contributed by atoms with E-state index >= 15 is 0 Å². The lowest BCUT2D eigenvalue weighted by Gasteiger charge is -2.33. The molecule has 1 saturated heterocycles. The molecule has 3 amide bonds. The highest BCUT2D eigenvalue weighted by atomic mass is 32.2. The van der Waals surface area contributed by atoms with Crippen LogP contribution in [0.5, 0.6) is 0 Å². The van der Waals surface area contributed by atoms with Gasteiger partial charge in [-0.15, -0.1) is 0 Å². The Morgan fingerprint density at radius 3 is 2.58 bits per heavy atom. The molecule has 0 aromatic heterocycles. The number of amidine groups is 1. The molecule has 0 aliphatic carbocycles. The molecule has 4 rings (SSSR count). The number of urea groups is 1. The van der Waals surface area contributed by atoms with Gasteiger partial charge in [0.1, 0.15) is 6.61 Å². The topological polar surface area (TPSA) is 83.0 Å². The van der Waals surface area contributed by atoms with E-state index in [9.17, 15) is 9.59 Å². The first-order chi connectivity index (χ1) is 15.2. The lowest BCUT2D eigenvalue weighted by molar-refractivity contribution is 0.0769. The van der Waals surface area contributed by atoms with Gasteiger partial charge >= 0.3 is 12.1 Å². The van der Waals surface area contributed by atoms with Crippen molar-refractivity contribution in [2.45, 2.75) is 25.5 Å². The number of ether oxygens (including phenoxy) is 1. The molecule has 0 spiro atoms. The lowest BCUT2D eigenvalue weighted by atomic mass is 9.92. The molecule has 0 radical (unpaired) electrons. The molecule has 2 N–H and O–H groups in total. The number of aliphatic imine (C=N–C) groups is 1. The minimum Gasteiger partial charge on any atom is -0.445 e. The fourth-order valence-corrected chi connectivity index (χ4v) is 4.83. The summed E-state index contributed by atoms with van der Waals surface area (Å²) in [5.74, 6) is 1.07. The van der Waals surface area contributed by atoms with Crippen molar-refractivity contribution >= 4 is 34.7 Å². The molecular weight excluding hydrogens is 412 g/mol. The highest BCUT2D eigenvalue weighted by Gasteiger charge is 2.33. The first kappa shape index (κ1) is 21.2. The van der Waals surface area contributed by atoms with E-state index in [4.69, 9.17) is 9.73 Å². The molecular formula is C23H26N4O3S. The van der Waals surface area contributed by atoms with Crippen LogP contribution in [0.15, 0.2) is 65.7 Å². The molecule has 8 heteroatoms. The number of nitrogens with zero attached hydrogens (tertiary/aromatic N) is 2. The quantitative estimate of drug-likeness (QED) is 0.744. The molecule has 0 saturated carbocycles. The number of carbonyl (C=O) groups is 2. The molecule has 2 aliphatic heterocycles. The summed E-state index contributed by atoms with van der Waals surface area (Å²) < 4.78 is 5.49. The maximum atomic E-state index is 12.5. The van der Waals surface area contributed by atoms with E-state index in [1.165, 1.54) is 0 Å². The summed E-state index contributed by atoms with van der Waals surface area (Å²) in [5.41, 5.74) is 1.71.